The molecule has 0 radical (unpaired) electrons. The second-order valence-corrected chi connectivity index (χ2v) is 18.3. The summed E-state index contributed by atoms with van der Waals surface area (Å²) in [6.07, 6.45) is 3.69. The van der Waals surface area contributed by atoms with Crippen LogP contribution in [0, 0.1) is 0 Å². The molecule has 0 atom stereocenters. The molecule has 0 aliphatic heterocycles. The fraction of sp³-hybridized carbons (Fsp3) is 0.0476. The third kappa shape index (κ3) is 6.60. The van der Waals surface area contributed by atoms with E-state index in [4.69, 9.17) is 15.0 Å². The van der Waals surface area contributed by atoms with Gasteiger partial charge in [-0.05, 0) is 153 Å². The van der Waals surface area contributed by atoms with Crippen molar-refractivity contribution >= 4 is 43.1 Å². The fourth-order valence-electron chi connectivity index (χ4n) is 10.5. The molecule has 67 heavy (non-hydrogen) atoms. The highest BCUT2D eigenvalue weighted by molar-refractivity contribution is 6.08. The Hall–Kier alpha value is -8.60. The predicted octanol–water partition coefficient (Wildman–Crippen LogP) is 16.2. The van der Waals surface area contributed by atoms with Crippen LogP contribution in [0.5, 0.6) is 0 Å². The molecule has 0 saturated carbocycles. The molecule has 1 aliphatic rings. The highest BCUT2D eigenvalue weighted by Crippen LogP contribution is 2.49. The SMILES string of the molecule is CC1(C)c2ccccc2-c2cc(-c3nc(-c4ccc(-c5cccnc5)cc4)nc(-c4cc(-c5cccc6cc7ccccc7cc56)cc(-c5cccc6cc7ccccc7cc56)c4)n3)ccc21. The third-order valence-electron chi connectivity index (χ3n) is 13.9. The van der Waals surface area contributed by atoms with Gasteiger partial charge < -0.3 is 0 Å². The lowest BCUT2D eigenvalue weighted by atomic mass is 9.82. The van der Waals surface area contributed by atoms with Crippen LogP contribution in [0.25, 0.3) is 122 Å². The molecule has 0 amide bonds. The summed E-state index contributed by atoms with van der Waals surface area (Å²) in [5.41, 5.74) is 14.4. The molecule has 0 N–H and O–H groups in total. The van der Waals surface area contributed by atoms with Gasteiger partial charge in [-0.15, -0.1) is 0 Å². The second kappa shape index (κ2) is 15.3. The first kappa shape index (κ1) is 38.8. The topological polar surface area (TPSA) is 51.6 Å². The van der Waals surface area contributed by atoms with Crippen LogP contribution in [0.3, 0.4) is 0 Å². The molecule has 0 saturated heterocycles. The first-order valence-corrected chi connectivity index (χ1v) is 22.9. The van der Waals surface area contributed by atoms with E-state index in [0.29, 0.717) is 17.5 Å². The van der Waals surface area contributed by atoms with Gasteiger partial charge in [-0.1, -0.05) is 166 Å². The highest BCUT2D eigenvalue weighted by atomic mass is 15.0. The first-order valence-electron chi connectivity index (χ1n) is 22.9. The quantitative estimate of drug-likeness (QED) is 0.156. The lowest BCUT2D eigenvalue weighted by Crippen LogP contribution is -2.14. The van der Waals surface area contributed by atoms with Gasteiger partial charge in [-0.3, -0.25) is 4.98 Å². The van der Waals surface area contributed by atoms with Gasteiger partial charge in [0.25, 0.3) is 0 Å². The van der Waals surface area contributed by atoms with Crippen LogP contribution in [0.15, 0.2) is 219 Å². The Bertz CT molecular complexity index is 3810. The van der Waals surface area contributed by atoms with Crippen LogP contribution in [0.2, 0.25) is 0 Å². The van der Waals surface area contributed by atoms with E-state index in [2.05, 4.69) is 219 Å². The zero-order valence-electron chi connectivity index (χ0n) is 37.1. The largest absolute Gasteiger partial charge is 0.264 e. The van der Waals surface area contributed by atoms with Gasteiger partial charge in [0.15, 0.2) is 17.5 Å². The molecule has 4 nitrogen and oxygen atoms in total. The summed E-state index contributed by atoms with van der Waals surface area (Å²) in [7, 11) is 0. The normalized spacial score (nSPS) is 12.7. The summed E-state index contributed by atoms with van der Waals surface area (Å²) in [5.74, 6) is 1.85. The van der Waals surface area contributed by atoms with Gasteiger partial charge in [-0.2, -0.15) is 0 Å². The Balaban J connectivity index is 1.05. The molecule has 2 heterocycles. The maximum absolute atomic E-state index is 5.43. The van der Waals surface area contributed by atoms with E-state index in [1.165, 1.54) is 65.3 Å². The third-order valence-corrected chi connectivity index (χ3v) is 13.9. The molecule has 12 aromatic rings. The van der Waals surface area contributed by atoms with Crippen molar-refractivity contribution in [2.75, 3.05) is 0 Å². The molecule has 0 fully saturated rings. The fourth-order valence-corrected chi connectivity index (χ4v) is 10.5. The van der Waals surface area contributed by atoms with Crippen LogP contribution in [-0.2, 0) is 5.41 Å². The van der Waals surface area contributed by atoms with E-state index in [1.807, 2.05) is 12.3 Å². The van der Waals surface area contributed by atoms with Gasteiger partial charge >= 0.3 is 0 Å². The number of aromatic nitrogens is 4. The molecule has 0 unspecified atom stereocenters. The maximum Gasteiger partial charge on any atom is 0.164 e. The van der Waals surface area contributed by atoms with E-state index in [9.17, 15) is 0 Å². The molecule has 314 valence electrons. The smallest absolute Gasteiger partial charge is 0.164 e. The minimum Gasteiger partial charge on any atom is -0.264 e. The number of fused-ring (bicyclic) bond motifs is 7. The molecule has 13 rings (SSSR count). The Kier molecular flexibility index (Phi) is 8.84. The number of nitrogens with zero attached hydrogens (tertiary/aromatic N) is 4. The monoisotopic (exact) mass is 854 g/mol. The summed E-state index contributed by atoms with van der Waals surface area (Å²) < 4.78 is 0. The van der Waals surface area contributed by atoms with Crippen LogP contribution in [-0.4, -0.2) is 19.9 Å². The van der Waals surface area contributed by atoms with E-state index < -0.39 is 0 Å². The number of rotatable bonds is 6. The minimum atomic E-state index is -0.117. The Labute approximate surface area is 389 Å². The van der Waals surface area contributed by atoms with E-state index in [-0.39, 0.29) is 5.41 Å². The highest BCUT2D eigenvalue weighted by Gasteiger charge is 2.35. The summed E-state index contributed by atoms with van der Waals surface area (Å²) in [6.45, 7) is 4.63. The van der Waals surface area contributed by atoms with E-state index in [0.717, 1.165) is 50.1 Å². The van der Waals surface area contributed by atoms with Crippen LogP contribution >= 0.6 is 0 Å². The molecule has 10 aromatic carbocycles. The summed E-state index contributed by atoms with van der Waals surface area (Å²) in [4.78, 5) is 20.5. The number of pyridine rings is 1. The predicted molar refractivity (Wildman–Crippen MR) is 278 cm³/mol. The first-order chi connectivity index (χ1) is 32.9. The van der Waals surface area contributed by atoms with Gasteiger partial charge in [0.1, 0.15) is 0 Å². The summed E-state index contributed by atoms with van der Waals surface area (Å²) >= 11 is 0. The standard InChI is InChI=1S/C63H42N4/c1-63(2)58-22-8-7-19-54(58)57-37-47(27-28-59(57)63)61-65-60(40-25-23-39(24-26-40)48-18-11-29-64-38-48)66-62(67-61)51-33-49(52-20-9-16-45-30-41-12-3-5-14-43(41)35-55(45)52)32-50(34-51)53-21-10-17-46-31-42-13-4-6-15-44(42)36-56(46)53/h3-38H,1-2H3. The Morgan fingerprint density at radius 3 is 1.39 bits per heavy atom. The van der Waals surface area contributed by atoms with Crippen LogP contribution < -0.4 is 0 Å². The van der Waals surface area contributed by atoms with Gasteiger partial charge in [0.05, 0.1) is 0 Å². The van der Waals surface area contributed by atoms with Crippen molar-refractivity contribution in [2.24, 2.45) is 0 Å². The molecule has 4 heteroatoms. The zero-order chi connectivity index (χ0) is 44.6. The summed E-state index contributed by atoms with van der Waals surface area (Å²) in [6, 6.07) is 74.6. The second-order valence-electron chi connectivity index (χ2n) is 18.3. The van der Waals surface area contributed by atoms with Crippen LogP contribution in [0.4, 0.5) is 0 Å². The summed E-state index contributed by atoms with van der Waals surface area (Å²) in [5, 5.41) is 9.65. The average molecular weight is 855 g/mol. The van der Waals surface area contributed by atoms with Gasteiger partial charge in [0, 0.05) is 34.5 Å². The molecule has 0 spiro atoms. The zero-order valence-corrected chi connectivity index (χ0v) is 37.1. The lowest BCUT2D eigenvalue weighted by molar-refractivity contribution is 0.660. The Morgan fingerprint density at radius 1 is 0.299 bits per heavy atom. The van der Waals surface area contributed by atoms with Gasteiger partial charge in [-0.25, -0.2) is 15.0 Å². The van der Waals surface area contributed by atoms with Crippen molar-refractivity contribution in [3.8, 4) is 78.7 Å². The molecule has 2 aromatic heterocycles. The van der Waals surface area contributed by atoms with Crippen molar-refractivity contribution in [3.05, 3.63) is 230 Å². The number of hydrogen-bond donors (Lipinski definition) is 0. The van der Waals surface area contributed by atoms with Crippen molar-refractivity contribution < 1.29 is 0 Å². The average Bonchev–Trinajstić information content (AvgIpc) is 3.62. The molecule has 0 bridgehead atoms. The minimum absolute atomic E-state index is 0.117. The molecular formula is C63H42N4. The number of hydrogen-bond acceptors (Lipinski definition) is 4. The van der Waals surface area contributed by atoms with Gasteiger partial charge in [0.2, 0.25) is 0 Å². The Morgan fingerprint density at radius 2 is 0.776 bits per heavy atom. The van der Waals surface area contributed by atoms with Crippen molar-refractivity contribution in [2.45, 2.75) is 19.3 Å². The van der Waals surface area contributed by atoms with E-state index in [1.54, 1.807) is 6.20 Å². The van der Waals surface area contributed by atoms with Crippen molar-refractivity contribution in [1.29, 1.82) is 0 Å². The molecule has 1 aliphatic carbocycles. The van der Waals surface area contributed by atoms with E-state index >= 15 is 0 Å². The maximum atomic E-state index is 5.43. The lowest BCUT2D eigenvalue weighted by Gasteiger charge is -2.21. The van der Waals surface area contributed by atoms with Crippen LogP contribution in [0.1, 0.15) is 25.0 Å². The molecular weight excluding hydrogens is 813 g/mol. The number of benzene rings is 10. The van der Waals surface area contributed by atoms with Crippen molar-refractivity contribution in [1.82, 2.24) is 19.9 Å². The van der Waals surface area contributed by atoms with Crippen molar-refractivity contribution in [3.63, 3.8) is 0 Å².